The van der Waals surface area contributed by atoms with E-state index >= 15 is 0 Å². The molecular formula is C14H15FN2O10. The minimum Gasteiger partial charge on any atom is -0.478 e. The number of hydrogen-bond acceptors (Lipinski definition) is 9. The van der Waals surface area contributed by atoms with Crippen LogP contribution < -0.4 is 11.2 Å². The van der Waals surface area contributed by atoms with Crippen LogP contribution in [0.15, 0.2) is 15.8 Å². The van der Waals surface area contributed by atoms with Gasteiger partial charge in [-0.05, 0) is 0 Å². The van der Waals surface area contributed by atoms with E-state index in [1.165, 1.54) is 0 Å². The maximum atomic E-state index is 13.6. The van der Waals surface area contributed by atoms with Gasteiger partial charge in [-0.1, -0.05) is 0 Å². The van der Waals surface area contributed by atoms with Crippen LogP contribution in [0.5, 0.6) is 0 Å². The predicted octanol–water partition coefficient (Wildman–Crippen LogP) is -2.12. The Kier molecular flexibility index (Phi) is 5.75. The third-order valence-corrected chi connectivity index (χ3v) is 3.59. The van der Waals surface area contributed by atoms with Gasteiger partial charge in [0.05, 0.1) is 6.20 Å². The van der Waals surface area contributed by atoms with Gasteiger partial charge in [0.1, 0.15) is 12.2 Å². The number of aliphatic hydroxyl groups excluding tert-OH is 1. The maximum Gasteiger partial charge on any atom is 0.347 e. The van der Waals surface area contributed by atoms with Crippen molar-refractivity contribution < 1.29 is 43.2 Å². The number of carbonyl (C=O) groups excluding carboxylic acids is 2. The Morgan fingerprint density at radius 2 is 1.93 bits per heavy atom. The molecule has 0 bridgehead atoms. The van der Waals surface area contributed by atoms with Crippen LogP contribution >= 0.6 is 0 Å². The van der Waals surface area contributed by atoms with Crippen molar-refractivity contribution in [3.05, 3.63) is 32.9 Å². The SMILES string of the molecule is CC(=O)O[C@@H]1[C@@H](O)[C@@H]([C@H](OC(C)=O)C(=O)O)O[C@H]1n1cc(F)c(=O)[nH]c1=O. The minimum atomic E-state index is -2.01. The number of aliphatic carboxylic acids is 1. The van der Waals surface area contributed by atoms with Crippen molar-refractivity contribution in [3.63, 3.8) is 0 Å². The van der Waals surface area contributed by atoms with Gasteiger partial charge in [-0.25, -0.2) is 9.59 Å². The summed E-state index contributed by atoms with van der Waals surface area (Å²) in [6, 6.07) is 0. The Labute approximate surface area is 149 Å². The number of aromatic nitrogens is 2. The van der Waals surface area contributed by atoms with E-state index in [4.69, 9.17) is 9.47 Å². The van der Waals surface area contributed by atoms with Gasteiger partial charge in [0, 0.05) is 13.8 Å². The molecule has 1 saturated heterocycles. The van der Waals surface area contributed by atoms with Crippen LogP contribution in [0, 0.1) is 5.82 Å². The summed E-state index contributed by atoms with van der Waals surface area (Å²) in [4.78, 5) is 58.5. The van der Waals surface area contributed by atoms with Crippen LogP contribution in [0.3, 0.4) is 0 Å². The second-order valence-electron chi connectivity index (χ2n) is 5.57. The number of ether oxygens (including phenoxy) is 3. The summed E-state index contributed by atoms with van der Waals surface area (Å²) in [7, 11) is 0. The molecule has 1 aromatic rings. The summed E-state index contributed by atoms with van der Waals surface area (Å²) >= 11 is 0. The van der Waals surface area contributed by atoms with Gasteiger partial charge in [0.15, 0.2) is 12.3 Å². The van der Waals surface area contributed by atoms with E-state index in [1.54, 1.807) is 4.98 Å². The number of rotatable bonds is 5. The molecule has 0 aliphatic carbocycles. The quantitative estimate of drug-likeness (QED) is 0.472. The highest BCUT2D eigenvalue weighted by molar-refractivity contribution is 5.77. The molecule has 2 rings (SSSR count). The molecule has 27 heavy (non-hydrogen) atoms. The fraction of sp³-hybridized carbons (Fsp3) is 0.500. The summed E-state index contributed by atoms with van der Waals surface area (Å²) in [5, 5.41) is 19.5. The molecule has 1 aliphatic heterocycles. The molecule has 148 valence electrons. The van der Waals surface area contributed by atoms with Crippen molar-refractivity contribution >= 4 is 17.9 Å². The molecule has 3 N–H and O–H groups in total. The van der Waals surface area contributed by atoms with E-state index in [9.17, 15) is 38.6 Å². The Morgan fingerprint density at radius 3 is 2.44 bits per heavy atom. The summed E-state index contributed by atoms with van der Waals surface area (Å²) in [6.45, 7) is 1.88. The molecule has 1 fully saturated rings. The first-order valence-electron chi connectivity index (χ1n) is 7.44. The molecule has 0 spiro atoms. The van der Waals surface area contributed by atoms with Gasteiger partial charge in [0.2, 0.25) is 11.9 Å². The van der Waals surface area contributed by atoms with E-state index in [0.29, 0.717) is 10.8 Å². The Hall–Kier alpha value is -3.06. The van der Waals surface area contributed by atoms with Crippen molar-refractivity contribution in [1.29, 1.82) is 0 Å². The third kappa shape index (κ3) is 4.20. The number of carboxylic acids is 1. The van der Waals surface area contributed by atoms with Crippen molar-refractivity contribution in [2.75, 3.05) is 0 Å². The first-order chi connectivity index (χ1) is 12.5. The van der Waals surface area contributed by atoms with E-state index < -0.39 is 65.6 Å². The lowest BCUT2D eigenvalue weighted by molar-refractivity contribution is -0.177. The fourth-order valence-electron chi connectivity index (χ4n) is 2.55. The lowest BCUT2D eigenvalue weighted by Gasteiger charge is -2.22. The predicted molar refractivity (Wildman–Crippen MR) is 79.9 cm³/mol. The maximum absolute atomic E-state index is 13.6. The normalized spacial score (nSPS) is 25.6. The van der Waals surface area contributed by atoms with Gasteiger partial charge in [-0.2, -0.15) is 4.39 Å². The highest BCUT2D eigenvalue weighted by Crippen LogP contribution is 2.33. The summed E-state index contributed by atoms with van der Waals surface area (Å²) < 4.78 is 28.8. The molecule has 1 aliphatic rings. The molecule has 0 unspecified atom stereocenters. The lowest BCUT2D eigenvalue weighted by Crippen LogP contribution is -2.46. The number of nitrogens with zero attached hydrogens (tertiary/aromatic N) is 1. The fourth-order valence-corrected chi connectivity index (χ4v) is 2.55. The van der Waals surface area contributed by atoms with Crippen molar-refractivity contribution in [2.45, 2.75) is 44.5 Å². The molecule has 0 saturated carbocycles. The third-order valence-electron chi connectivity index (χ3n) is 3.59. The molecule has 0 radical (unpaired) electrons. The van der Waals surface area contributed by atoms with Crippen LogP contribution in [0.4, 0.5) is 4.39 Å². The highest BCUT2D eigenvalue weighted by Gasteiger charge is 2.53. The van der Waals surface area contributed by atoms with Crippen LogP contribution in [-0.4, -0.2) is 62.1 Å². The van der Waals surface area contributed by atoms with Crippen LogP contribution in [0.25, 0.3) is 0 Å². The number of carboxylic acid groups (broad SMARTS) is 1. The summed E-state index contributed by atoms with van der Waals surface area (Å²) in [5.41, 5.74) is -2.49. The van der Waals surface area contributed by atoms with Gasteiger partial charge >= 0.3 is 23.6 Å². The Balaban J connectivity index is 2.49. The summed E-state index contributed by atoms with van der Waals surface area (Å²) in [5.74, 6) is -4.99. The Morgan fingerprint density at radius 1 is 1.30 bits per heavy atom. The molecular weight excluding hydrogens is 375 g/mol. The average Bonchev–Trinajstić information content (AvgIpc) is 2.84. The zero-order valence-corrected chi connectivity index (χ0v) is 13.9. The molecule has 2 heterocycles. The standard InChI is InChI=1S/C14H15FN2O10/c1-4(18)25-9-7(20)8(10(13(22)23)26-5(2)19)27-12(9)17-3-6(15)11(21)16-14(17)24/h3,7-10,12,20H,1-2H3,(H,22,23)(H,16,21,24)/t7-,8-,9+,10-,12+/m0/s1. The number of aromatic amines is 1. The van der Waals surface area contributed by atoms with Crippen LogP contribution in [0.2, 0.25) is 0 Å². The molecule has 5 atom stereocenters. The number of nitrogens with one attached hydrogen (secondary N) is 1. The van der Waals surface area contributed by atoms with Gasteiger partial charge in [-0.15, -0.1) is 0 Å². The topological polar surface area (TPSA) is 174 Å². The number of hydrogen-bond donors (Lipinski definition) is 3. The van der Waals surface area contributed by atoms with Crippen molar-refractivity contribution in [2.24, 2.45) is 0 Å². The first-order valence-corrected chi connectivity index (χ1v) is 7.44. The largest absolute Gasteiger partial charge is 0.478 e. The average molecular weight is 390 g/mol. The number of aliphatic hydroxyl groups is 1. The van der Waals surface area contributed by atoms with E-state index in [2.05, 4.69) is 4.74 Å². The minimum absolute atomic E-state index is 0.443. The van der Waals surface area contributed by atoms with Gasteiger partial charge < -0.3 is 24.4 Å². The second-order valence-corrected chi connectivity index (χ2v) is 5.57. The van der Waals surface area contributed by atoms with Crippen molar-refractivity contribution in [1.82, 2.24) is 9.55 Å². The van der Waals surface area contributed by atoms with Gasteiger partial charge in [0.25, 0.3) is 5.56 Å². The first kappa shape index (κ1) is 20.3. The smallest absolute Gasteiger partial charge is 0.347 e. The number of H-pyrrole nitrogens is 1. The molecule has 0 aromatic carbocycles. The number of esters is 2. The monoisotopic (exact) mass is 390 g/mol. The molecule has 12 nitrogen and oxygen atoms in total. The number of carbonyl (C=O) groups is 3. The molecule has 13 heteroatoms. The lowest BCUT2D eigenvalue weighted by atomic mass is 10.1. The van der Waals surface area contributed by atoms with Crippen molar-refractivity contribution in [3.8, 4) is 0 Å². The van der Waals surface area contributed by atoms with E-state index in [1.807, 2.05) is 0 Å². The van der Waals surface area contributed by atoms with E-state index in [0.717, 1.165) is 13.8 Å². The Bertz CT molecular complexity index is 877. The zero-order chi connectivity index (χ0) is 20.5. The zero-order valence-electron chi connectivity index (χ0n) is 13.9. The highest BCUT2D eigenvalue weighted by atomic mass is 19.1. The van der Waals surface area contributed by atoms with Crippen LogP contribution in [-0.2, 0) is 28.6 Å². The van der Waals surface area contributed by atoms with Crippen LogP contribution in [0.1, 0.15) is 20.1 Å². The number of halogens is 1. The molecule has 1 aromatic heterocycles. The molecule has 0 amide bonds. The summed E-state index contributed by atoms with van der Waals surface area (Å²) in [6.07, 6.45) is -8.55. The van der Waals surface area contributed by atoms with Gasteiger partial charge in [-0.3, -0.25) is 23.9 Å². The van der Waals surface area contributed by atoms with E-state index in [-0.39, 0.29) is 0 Å². The second kappa shape index (κ2) is 7.67.